The van der Waals surface area contributed by atoms with E-state index in [9.17, 15) is 9.59 Å². The van der Waals surface area contributed by atoms with E-state index in [2.05, 4.69) is 40.5 Å². The summed E-state index contributed by atoms with van der Waals surface area (Å²) in [5, 5.41) is 7.51. The molecule has 0 aliphatic rings. The summed E-state index contributed by atoms with van der Waals surface area (Å²) >= 11 is 0. The highest BCUT2D eigenvalue weighted by molar-refractivity contribution is 6.06. The Labute approximate surface area is 239 Å². The van der Waals surface area contributed by atoms with Gasteiger partial charge >= 0.3 is 0 Å². The summed E-state index contributed by atoms with van der Waals surface area (Å²) in [6, 6.07) is 26.6. The van der Waals surface area contributed by atoms with Gasteiger partial charge in [0, 0.05) is 36.7 Å². The van der Waals surface area contributed by atoms with Gasteiger partial charge in [-0.15, -0.1) is 0 Å². The van der Waals surface area contributed by atoms with Gasteiger partial charge in [0.1, 0.15) is 23.0 Å². The van der Waals surface area contributed by atoms with Crippen molar-refractivity contribution < 1.29 is 9.59 Å². The van der Waals surface area contributed by atoms with Crippen LogP contribution in [0.4, 0.5) is 0 Å². The van der Waals surface area contributed by atoms with Gasteiger partial charge in [0.15, 0.2) is 0 Å². The molecule has 4 heterocycles. The third-order valence-electron chi connectivity index (χ3n) is 7.16. The van der Waals surface area contributed by atoms with E-state index in [1.54, 1.807) is 12.1 Å². The van der Waals surface area contributed by atoms with E-state index in [4.69, 9.17) is 0 Å². The standard InChI is InChI=1S/C32H26N8O2/c41-31(33-17-15-27-35-21-5-1-2-6-22(21)36-27)25-13-11-19-9-10-20-12-14-26(40-30(20)29(19)39-25)32(42)34-18-16-28-37-23-7-3-4-8-24(23)38-28/h1-14H,15-18H2,(H,33,41)(H,34,42)(H,35,36)(H,37,38). The molecule has 0 aliphatic heterocycles. The van der Waals surface area contributed by atoms with Crippen LogP contribution in [0.2, 0.25) is 0 Å². The van der Waals surface area contributed by atoms with Crippen LogP contribution in [0.25, 0.3) is 43.9 Å². The van der Waals surface area contributed by atoms with Gasteiger partial charge in [0.25, 0.3) is 11.8 Å². The van der Waals surface area contributed by atoms with Gasteiger partial charge in [0.2, 0.25) is 0 Å². The van der Waals surface area contributed by atoms with E-state index in [1.807, 2.05) is 72.8 Å². The van der Waals surface area contributed by atoms with E-state index >= 15 is 0 Å². The lowest BCUT2D eigenvalue weighted by molar-refractivity contribution is 0.0941. The number of carbonyl (C=O) groups excluding carboxylic acids is 2. The number of rotatable bonds is 8. The first-order valence-corrected chi connectivity index (χ1v) is 13.7. The van der Waals surface area contributed by atoms with E-state index in [0.29, 0.717) is 37.0 Å². The number of nitrogens with one attached hydrogen (secondary N) is 4. The molecule has 0 unspecified atom stereocenters. The number of H-pyrrole nitrogens is 2. The van der Waals surface area contributed by atoms with Crippen molar-refractivity contribution in [2.24, 2.45) is 0 Å². The third kappa shape index (κ3) is 5.01. The molecule has 4 N–H and O–H groups in total. The molecule has 206 valence electrons. The quantitative estimate of drug-likeness (QED) is 0.204. The summed E-state index contributed by atoms with van der Waals surface area (Å²) in [5.41, 5.74) is 5.41. The van der Waals surface area contributed by atoms with Crippen molar-refractivity contribution >= 4 is 55.7 Å². The number of hydrogen-bond acceptors (Lipinski definition) is 6. The zero-order valence-corrected chi connectivity index (χ0v) is 22.5. The zero-order chi connectivity index (χ0) is 28.5. The van der Waals surface area contributed by atoms with Gasteiger partial charge < -0.3 is 20.6 Å². The largest absolute Gasteiger partial charge is 0.350 e. The molecule has 0 fully saturated rings. The molecule has 7 rings (SSSR count). The summed E-state index contributed by atoms with van der Waals surface area (Å²) in [4.78, 5) is 50.9. The Kier molecular flexibility index (Phi) is 6.48. The number of aromatic amines is 2. The monoisotopic (exact) mass is 554 g/mol. The van der Waals surface area contributed by atoms with E-state index in [0.717, 1.165) is 44.5 Å². The number of pyridine rings is 2. The third-order valence-corrected chi connectivity index (χ3v) is 7.16. The highest BCUT2D eigenvalue weighted by Crippen LogP contribution is 2.23. The molecule has 7 aromatic rings. The molecule has 0 atom stereocenters. The van der Waals surface area contributed by atoms with Gasteiger partial charge in [-0.3, -0.25) is 9.59 Å². The minimum atomic E-state index is -0.288. The lowest BCUT2D eigenvalue weighted by atomic mass is 10.1. The summed E-state index contributed by atoms with van der Waals surface area (Å²) in [6.45, 7) is 0.815. The first kappa shape index (κ1) is 25.3. The molecule has 0 saturated carbocycles. The molecular formula is C32H26N8O2. The van der Waals surface area contributed by atoms with E-state index < -0.39 is 0 Å². The van der Waals surface area contributed by atoms with Crippen LogP contribution in [0.1, 0.15) is 32.6 Å². The molecule has 10 nitrogen and oxygen atoms in total. The second-order valence-corrected chi connectivity index (χ2v) is 10.0. The molecule has 0 radical (unpaired) electrons. The second kappa shape index (κ2) is 10.7. The number of aromatic nitrogens is 6. The normalized spacial score (nSPS) is 11.4. The van der Waals surface area contributed by atoms with Gasteiger partial charge in [0.05, 0.1) is 33.1 Å². The van der Waals surface area contributed by atoms with Gasteiger partial charge in [-0.05, 0) is 36.4 Å². The van der Waals surface area contributed by atoms with Crippen molar-refractivity contribution in [3.63, 3.8) is 0 Å². The van der Waals surface area contributed by atoms with E-state index in [-0.39, 0.29) is 23.2 Å². The Morgan fingerprint density at radius 3 is 1.43 bits per heavy atom. The molecule has 0 spiro atoms. The molecular weight excluding hydrogens is 528 g/mol. The van der Waals surface area contributed by atoms with Crippen molar-refractivity contribution in [1.82, 2.24) is 40.5 Å². The Balaban J connectivity index is 1.05. The maximum atomic E-state index is 13.0. The number of carbonyl (C=O) groups is 2. The van der Waals surface area contributed by atoms with Crippen molar-refractivity contribution in [3.05, 3.63) is 108 Å². The molecule has 0 saturated heterocycles. The van der Waals surface area contributed by atoms with Crippen LogP contribution in [0.15, 0.2) is 84.9 Å². The first-order valence-electron chi connectivity index (χ1n) is 13.7. The van der Waals surface area contributed by atoms with Crippen LogP contribution in [-0.4, -0.2) is 54.8 Å². The number of benzene rings is 3. The number of imidazole rings is 2. The predicted molar refractivity (Wildman–Crippen MR) is 161 cm³/mol. The van der Waals surface area contributed by atoms with Crippen molar-refractivity contribution in [3.8, 4) is 0 Å². The number of amides is 2. The lowest BCUT2D eigenvalue weighted by Crippen LogP contribution is -2.27. The highest BCUT2D eigenvalue weighted by Gasteiger charge is 2.14. The summed E-state index contributed by atoms with van der Waals surface area (Å²) in [7, 11) is 0. The van der Waals surface area contributed by atoms with Crippen LogP contribution in [0, 0.1) is 0 Å². The molecule has 10 heteroatoms. The number of fused-ring (bicyclic) bond motifs is 5. The fourth-order valence-corrected chi connectivity index (χ4v) is 5.04. The Bertz CT molecular complexity index is 1900. The number of nitrogens with zero attached hydrogens (tertiary/aromatic N) is 4. The fraction of sp³-hybridized carbons (Fsp3) is 0.125. The van der Waals surface area contributed by atoms with Crippen molar-refractivity contribution in [2.75, 3.05) is 13.1 Å². The van der Waals surface area contributed by atoms with E-state index in [1.165, 1.54) is 0 Å². The molecule has 3 aromatic carbocycles. The van der Waals surface area contributed by atoms with Gasteiger partial charge in [-0.2, -0.15) is 0 Å². The maximum Gasteiger partial charge on any atom is 0.269 e. The van der Waals surface area contributed by atoms with Crippen LogP contribution >= 0.6 is 0 Å². The topological polar surface area (TPSA) is 141 Å². The fourth-order valence-electron chi connectivity index (χ4n) is 5.04. The first-order chi connectivity index (χ1) is 20.6. The van der Waals surface area contributed by atoms with Crippen LogP contribution in [0.3, 0.4) is 0 Å². The van der Waals surface area contributed by atoms with Crippen LogP contribution < -0.4 is 10.6 Å². The minimum Gasteiger partial charge on any atom is -0.350 e. The summed E-state index contributed by atoms with van der Waals surface area (Å²) < 4.78 is 0. The zero-order valence-electron chi connectivity index (χ0n) is 22.5. The smallest absolute Gasteiger partial charge is 0.269 e. The molecule has 2 amide bonds. The SMILES string of the molecule is O=C(NCCc1nc2ccccc2[nH]1)c1ccc2ccc3ccc(C(=O)NCCc4nc5ccccc5[nH]4)nc3c2n1. The van der Waals surface area contributed by atoms with Crippen LogP contribution in [-0.2, 0) is 12.8 Å². The summed E-state index contributed by atoms with van der Waals surface area (Å²) in [5.74, 6) is 1.04. The maximum absolute atomic E-state index is 13.0. The number of para-hydroxylation sites is 4. The molecule has 4 aromatic heterocycles. The van der Waals surface area contributed by atoms with Gasteiger partial charge in [-0.25, -0.2) is 19.9 Å². The summed E-state index contributed by atoms with van der Waals surface area (Å²) in [6.07, 6.45) is 1.13. The lowest BCUT2D eigenvalue weighted by Gasteiger charge is -2.08. The van der Waals surface area contributed by atoms with Gasteiger partial charge in [-0.1, -0.05) is 48.5 Å². The Hall–Kier alpha value is -5.64. The molecule has 0 aliphatic carbocycles. The van der Waals surface area contributed by atoms with Crippen molar-refractivity contribution in [1.29, 1.82) is 0 Å². The number of hydrogen-bond donors (Lipinski definition) is 4. The highest BCUT2D eigenvalue weighted by atomic mass is 16.2. The average molecular weight is 555 g/mol. The molecule has 42 heavy (non-hydrogen) atoms. The second-order valence-electron chi connectivity index (χ2n) is 10.0. The Morgan fingerprint density at radius 2 is 0.976 bits per heavy atom. The molecule has 0 bridgehead atoms. The predicted octanol–water partition coefficient (Wildman–Crippen LogP) is 4.48. The van der Waals surface area contributed by atoms with Crippen LogP contribution in [0.5, 0.6) is 0 Å². The Morgan fingerprint density at radius 1 is 0.548 bits per heavy atom. The minimum absolute atomic E-state index is 0.280. The average Bonchev–Trinajstić information content (AvgIpc) is 3.63. The van der Waals surface area contributed by atoms with Crippen molar-refractivity contribution in [2.45, 2.75) is 12.8 Å².